The monoisotopic (exact) mass is 253 g/mol. The van der Waals surface area contributed by atoms with E-state index in [4.69, 9.17) is 0 Å². The average molecular weight is 253 g/mol. The normalized spacial score (nSPS) is 25.2. The molecule has 2 saturated heterocycles. The molecule has 5 heteroatoms. The first-order valence-corrected chi connectivity index (χ1v) is 6.90. The Morgan fingerprint density at radius 2 is 2.00 bits per heavy atom. The molecule has 102 valence electrons. The van der Waals surface area contributed by atoms with E-state index < -0.39 is 0 Å². The summed E-state index contributed by atoms with van der Waals surface area (Å²) in [7, 11) is 0. The zero-order chi connectivity index (χ0) is 13.0. The maximum Gasteiger partial charge on any atom is 0.227 e. The molecule has 0 aliphatic carbocycles. The van der Waals surface area contributed by atoms with Gasteiger partial charge in [0.1, 0.15) is 0 Å². The molecule has 2 N–H and O–H groups in total. The molecule has 0 saturated carbocycles. The van der Waals surface area contributed by atoms with E-state index >= 15 is 0 Å². The van der Waals surface area contributed by atoms with Crippen molar-refractivity contribution in [2.75, 3.05) is 32.7 Å². The zero-order valence-corrected chi connectivity index (χ0v) is 11.1. The predicted octanol–water partition coefficient (Wildman–Crippen LogP) is -0.0294. The minimum atomic E-state index is 0.0329. The largest absolute Gasteiger partial charge is 0.356 e. The van der Waals surface area contributed by atoms with Crippen LogP contribution in [0, 0.1) is 11.8 Å². The van der Waals surface area contributed by atoms with Crippen molar-refractivity contribution in [1.82, 2.24) is 15.5 Å². The fraction of sp³-hybridized carbons (Fsp3) is 0.846. The summed E-state index contributed by atoms with van der Waals surface area (Å²) >= 11 is 0. The van der Waals surface area contributed by atoms with E-state index in [1.165, 1.54) is 0 Å². The van der Waals surface area contributed by atoms with E-state index in [9.17, 15) is 9.59 Å². The van der Waals surface area contributed by atoms with Crippen molar-refractivity contribution < 1.29 is 9.59 Å². The molecule has 1 unspecified atom stereocenters. The van der Waals surface area contributed by atoms with Crippen LogP contribution in [0.4, 0.5) is 0 Å². The number of carbonyl (C=O) groups is 2. The highest BCUT2D eigenvalue weighted by atomic mass is 16.2. The van der Waals surface area contributed by atoms with E-state index in [0.29, 0.717) is 11.8 Å². The zero-order valence-electron chi connectivity index (χ0n) is 11.1. The Kier molecular flexibility index (Phi) is 4.58. The Labute approximate surface area is 108 Å². The van der Waals surface area contributed by atoms with E-state index in [2.05, 4.69) is 10.6 Å². The topological polar surface area (TPSA) is 61.4 Å². The van der Waals surface area contributed by atoms with E-state index in [1.54, 1.807) is 6.92 Å². The second kappa shape index (κ2) is 6.18. The van der Waals surface area contributed by atoms with Gasteiger partial charge in [-0.1, -0.05) is 0 Å². The van der Waals surface area contributed by atoms with Gasteiger partial charge in [0.05, 0.1) is 5.92 Å². The first-order valence-electron chi connectivity index (χ1n) is 6.90. The summed E-state index contributed by atoms with van der Waals surface area (Å²) in [6.45, 7) is 5.80. The molecular formula is C13H23N3O2. The number of carbonyl (C=O) groups excluding carboxylic acids is 2. The summed E-state index contributed by atoms with van der Waals surface area (Å²) < 4.78 is 0. The molecule has 2 aliphatic rings. The number of piperidine rings is 1. The molecule has 1 atom stereocenters. The first kappa shape index (κ1) is 13.3. The van der Waals surface area contributed by atoms with Gasteiger partial charge in [-0.2, -0.15) is 0 Å². The minimum absolute atomic E-state index is 0.0329. The van der Waals surface area contributed by atoms with Crippen LogP contribution >= 0.6 is 0 Å². The number of nitrogens with zero attached hydrogens (tertiary/aromatic N) is 1. The fourth-order valence-electron chi connectivity index (χ4n) is 2.77. The lowest BCUT2D eigenvalue weighted by molar-refractivity contribution is -0.136. The molecule has 5 nitrogen and oxygen atoms in total. The summed E-state index contributed by atoms with van der Waals surface area (Å²) in [6.07, 6.45) is 2.99. The van der Waals surface area contributed by atoms with E-state index in [-0.39, 0.29) is 11.8 Å². The second-order valence-electron chi connectivity index (χ2n) is 5.40. The van der Waals surface area contributed by atoms with Crippen LogP contribution in [0.15, 0.2) is 0 Å². The van der Waals surface area contributed by atoms with Crippen LogP contribution in [-0.2, 0) is 9.59 Å². The van der Waals surface area contributed by atoms with Crippen molar-refractivity contribution in [3.8, 4) is 0 Å². The smallest absolute Gasteiger partial charge is 0.227 e. The molecule has 18 heavy (non-hydrogen) atoms. The second-order valence-corrected chi connectivity index (χ2v) is 5.40. The Morgan fingerprint density at radius 3 is 2.56 bits per heavy atom. The molecule has 0 aromatic heterocycles. The molecule has 0 bridgehead atoms. The van der Waals surface area contributed by atoms with Crippen molar-refractivity contribution in [3.63, 3.8) is 0 Å². The standard InChI is InChI=1S/C13H23N3O2/c1-10(17)15-8-11-3-6-16(7-4-11)13(18)12-2-5-14-9-12/h11-12,14H,2-9H2,1H3,(H,15,17). The maximum atomic E-state index is 12.2. The van der Waals surface area contributed by atoms with Gasteiger partial charge in [0.2, 0.25) is 11.8 Å². The average Bonchev–Trinajstić information content (AvgIpc) is 2.90. The summed E-state index contributed by atoms with van der Waals surface area (Å²) in [5, 5.41) is 6.10. The molecule has 0 aromatic rings. The molecule has 0 radical (unpaired) electrons. The van der Waals surface area contributed by atoms with Crippen molar-refractivity contribution in [3.05, 3.63) is 0 Å². The Balaban J connectivity index is 1.72. The van der Waals surface area contributed by atoms with Gasteiger partial charge < -0.3 is 15.5 Å². The van der Waals surface area contributed by atoms with Gasteiger partial charge in [-0.25, -0.2) is 0 Å². The molecule has 2 rings (SSSR count). The third kappa shape index (κ3) is 3.45. The first-order chi connectivity index (χ1) is 8.66. The van der Waals surface area contributed by atoms with Crippen LogP contribution in [0.3, 0.4) is 0 Å². The van der Waals surface area contributed by atoms with Gasteiger partial charge in [-0.15, -0.1) is 0 Å². The number of hydrogen-bond donors (Lipinski definition) is 2. The van der Waals surface area contributed by atoms with Crippen molar-refractivity contribution >= 4 is 11.8 Å². The Bertz CT molecular complexity index is 305. The number of amides is 2. The number of hydrogen-bond acceptors (Lipinski definition) is 3. The summed E-state index contributed by atoms with van der Waals surface area (Å²) in [6, 6.07) is 0. The highest BCUT2D eigenvalue weighted by molar-refractivity contribution is 5.79. The molecule has 2 heterocycles. The minimum Gasteiger partial charge on any atom is -0.356 e. The lowest BCUT2D eigenvalue weighted by Crippen LogP contribution is -2.44. The molecular weight excluding hydrogens is 230 g/mol. The van der Waals surface area contributed by atoms with Gasteiger partial charge in [0, 0.05) is 33.1 Å². The van der Waals surface area contributed by atoms with Crippen LogP contribution in [0.5, 0.6) is 0 Å². The highest BCUT2D eigenvalue weighted by Crippen LogP contribution is 2.20. The van der Waals surface area contributed by atoms with Gasteiger partial charge in [-0.3, -0.25) is 9.59 Å². The summed E-state index contributed by atoms with van der Waals surface area (Å²) in [4.78, 5) is 25.0. The SMILES string of the molecule is CC(=O)NCC1CCN(C(=O)C2CCNC2)CC1. The van der Waals surface area contributed by atoms with E-state index in [0.717, 1.165) is 52.0 Å². The number of nitrogens with one attached hydrogen (secondary N) is 2. The fourth-order valence-corrected chi connectivity index (χ4v) is 2.77. The predicted molar refractivity (Wildman–Crippen MR) is 69.0 cm³/mol. The molecule has 0 spiro atoms. The van der Waals surface area contributed by atoms with Crippen LogP contribution in [0.2, 0.25) is 0 Å². The molecule has 2 aliphatic heterocycles. The Hall–Kier alpha value is -1.10. The van der Waals surface area contributed by atoms with Crippen LogP contribution in [-0.4, -0.2) is 49.4 Å². The van der Waals surface area contributed by atoms with Crippen molar-refractivity contribution in [2.45, 2.75) is 26.2 Å². The number of rotatable bonds is 3. The lowest BCUT2D eigenvalue weighted by Gasteiger charge is -2.33. The van der Waals surface area contributed by atoms with Crippen LogP contribution < -0.4 is 10.6 Å². The third-order valence-corrected chi connectivity index (χ3v) is 3.98. The Morgan fingerprint density at radius 1 is 1.28 bits per heavy atom. The van der Waals surface area contributed by atoms with Crippen molar-refractivity contribution in [1.29, 1.82) is 0 Å². The van der Waals surface area contributed by atoms with Crippen molar-refractivity contribution in [2.24, 2.45) is 11.8 Å². The number of likely N-dealkylation sites (tertiary alicyclic amines) is 1. The maximum absolute atomic E-state index is 12.2. The summed E-state index contributed by atoms with van der Waals surface area (Å²) in [5.74, 6) is 1.07. The van der Waals surface area contributed by atoms with Crippen LogP contribution in [0.25, 0.3) is 0 Å². The lowest BCUT2D eigenvalue weighted by atomic mass is 9.95. The summed E-state index contributed by atoms with van der Waals surface area (Å²) in [5.41, 5.74) is 0. The molecule has 0 aromatic carbocycles. The van der Waals surface area contributed by atoms with Gasteiger partial charge in [0.15, 0.2) is 0 Å². The molecule has 2 amide bonds. The van der Waals surface area contributed by atoms with E-state index in [1.807, 2.05) is 4.90 Å². The van der Waals surface area contributed by atoms with Gasteiger partial charge in [-0.05, 0) is 31.7 Å². The van der Waals surface area contributed by atoms with Gasteiger partial charge in [0.25, 0.3) is 0 Å². The third-order valence-electron chi connectivity index (χ3n) is 3.98. The highest BCUT2D eigenvalue weighted by Gasteiger charge is 2.29. The van der Waals surface area contributed by atoms with Gasteiger partial charge >= 0.3 is 0 Å². The van der Waals surface area contributed by atoms with Crippen LogP contribution in [0.1, 0.15) is 26.2 Å². The quantitative estimate of drug-likeness (QED) is 0.742. The molecule has 2 fully saturated rings.